The molecule has 1 amide bonds. The first-order valence-electron chi connectivity index (χ1n) is 6.20. The van der Waals surface area contributed by atoms with Crippen LogP contribution in [-0.2, 0) is 16.0 Å². The number of amides is 1. The summed E-state index contributed by atoms with van der Waals surface area (Å²) >= 11 is 1.57. The van der Waals surface area contributed by atoms with E-state index in [1.165, 1.54) is 0 Å². The third-order valence-electron chi connectivity index (χ3n) is 3.42. The second-order valence-corrected chi connectivity index (χ2v) is 5.95. The number of hydrogen-bond donors (Lipinski definition) is 2. The molecule has 1 aromatic carbocycles. The van der Waals surface area contributed by atoms with Gasteiger partial charge in [-0.25, -0.2) is 4.79 Å². The second-order valence-electron chi connectivity index (χ2n) is 4.84. The lowest BCUT2D eigenvalue weighted by Crippen LogP contribution is -2.55. The van der Waals surface area contributed by atoms with Crippen LogP contribution in [0.3, 0.4) is 0 Å². The molecule has 0 spiro atoms. The highest BCUT2D eigenvalue weighted by Gasteiger charge is 2.43. The summed E-state index contributed by atoms with van der Waals surface area (Å²) in [7, 11) is 0. The van der Waals surface area contributed by atoms with Crippen LogP contribution in [0.25, 0.3) is 0 Å². The first-order chi connectivity index (χ1) is 9.03. The van der Waals surface area contributed by atoms with Crippen LogP contribution in [0, 0.1) is 6.92 Å². The highest BCUT2D eigenvalue weighted by atomic mass is 32.2. The number of thioether (sulfide) groups is 1. The van der Waals surface area contributed by atoms with Gasteiger partial charge in [0.25, 0.3) is 0 Å². The number of carboxylic acids is 1. The van der Waals surface area contributed by atoms with E-state index in [2.05, 4.69) is 5.32 Å². The molecule has 1 aromatic rings. The normalized spacial score (nSPS) is 22.2. The first-order valence-corrected chi connectivity index (χ1v) is 7.36. The molecule has 102 valence electrons. The third-order valence-corrected chi connectivity index (χ3v) is 4.61. The van der Waals surface area contributed by atoms with Crippen molar-refractivity contribution in [2.45, 2.75) is 25.3 Å². The first kappa shape index (κ1) is 13.9. The molecular formula is C14H17NO3S. The van der Waals surface area contributed by atoms with Crippen LogP contribution in [0.1, 0.15) is 17.5 Å². The molecule has 2 rings (SSSR count). The molecule has 1 aliphatic heterocycles. The van der Waals surface area contributed by atoms with Gasteiger partial charge in [0.15, 0.2) is 0 Å². The summed E-state index contributed by atoms with van der Waals surface area (Å²) in [5.74, 6) is 0.0635. The van der Waals surface area contributed by atoms with Gasteiger partial charge in [-0.1, -0.05) is 24.3 Å². The molecule has 1 heterocycles. The molecule has 0 aliphatic carbocycles. The molecule has 0 aromatic heterocycles. The van der Waals surface area contributed by atoms with Gasteiger partial charge in [-0.2, -0.15) is 11.8 Å². The van der Waals surface area contributed by atoms with Crippen LogP contribution >= 0.6 is 11.8 Å². The predicted octanol–water partition coefficient (Wildman–Crippen LogP) is 1.61. The van der Waals surface area contributed by atoms with Crippen molar-refractivity contribution < 1.29 is 14.7 Å². The minimum atomic E-state index is -1.08. The summed E-state index contributed by atoms with van der Waals surface area (Å²) in [4.78, 5) is 23.4. The van der Waals surface area contributed by atoms with Gasteiger partial charge in [-0.05, 0) is 30.2 Å². The van der Waals surface area contributed by atoms with Crippen molar-refractivity contribution >= 4 is 23.6 Å². The molecule has 19 heavy (non-hydrogen) atoms. The summed E-state index contributed by atoms with van der Waals surface area (Å²) < 4.78 is 0. The van der Waals surface area contributed by atoms with E-state index in [-0.39, 0.29) is 12.3 Å². The summed E-state index contributed by atoms with van der Waals surface area (Å²) in [6, 6.07) is 7.64. The maximum atomic E-state index is 12.0. The van der Waals surface area contributed by atoms with Crippen molar-refractivity contribution in [1.29, 1.82) is 0 Å². The minimum absolute atomic E-state index is 0.223. The molecular weight excluding hydrogens is 262 g/mol. The Morgan fingerprint density at radius 2 is 2.16 bits per heavy atom. The lowest BCUT2D eigenvalue weighted by Gasteiger charge is -2.24. The molecule has 0 radical (unpaired) electrons. The molecule has 1 saturated heterocycles. The van der Waals surface area contributed by atoms with Crippen LogP contribution in [0.5, 0.6) is 0 Å². The van der Waals surface area contributed by atoms with Crippen LogP contribution in [0.15, 0.2) is 24.3 Å². The fraction of sp³-hybridized carbons (Fsp3) is 0.429. The maximum absolute atomic E-state index is 12.0. The third kappa shape index (κ3) is 3.10. The van der Waals surface area contributed by atoms with Crippen LogP contribution < -0.4 is 5.32 Å². The van der Waals surface area contributed by atoms with Crippen LogP contribution in [-0.4, -0.2) is 34.0 Å². The number of carbonyl (C=O) groups is 2. The molecule has 1 unspecified atom stereocenters. The van der Waals surface area contributed by atoms with Gasteiger partial charge in [0, 0.05) is 5.75 Å². The van der Waals surface area contributed by atoms with Crippen molar-refractivity contribution in [3.63, 3.8) is 0 Å². The standard InChI is InChI=1S/C14H17NO3S/c1-10-4-2-3-5-11(10)8-12(16)15-14(13(17)18)6-7-19-9-14/h2-5H,6-9H2,1H3,(H,15,16)(H,17,18). The Morgan fingerprint density at radius 1 is 1.42 bits per heavy atom. The lowest BCUT2D eigenvalue weighted by atomic mass is 9.98. The quantitative estimate of drug-likeness (QED) is 0.879. The molecule has 0 bridgehead atoms. The van der Waals surface area contributed by atoms with Crippen LogP contribution in [0.4, 0.5) is 0 Å². The van der Waals surface area contributed by atoms with E-state index >= 15 is 0 Å². The summed E-state index contributed by atoms with van der Waals surface area (Å²) in [6.07, 6.45) is 0.721. The monoisotopic (exact) mass is 279 g/mol. The van der Waals surface area contributed by atoms with E-state index in [9.17, 15) is 14.7 Å². The van der Waals surface area contributed by atoms with E-state index in [4.69, 9.17) is 0 Å². The zero-order valence-electron chi connectivity index (χ0n) is 10.8. The smallest absolute Gasteiger partial charge is 0.330 e. The zero-order valence-corrected chi connectivity index (χ0v) is 11.6. The van der Waals surface area contributed by atoms with Gasteiger partial charge in [0.05, 0.1) is 6.42 Å². The van der Waals surface area contributed by atoms with Gasteiger partial charge in [-0.3, -0.25) is 4.79 Å². The van der Waals surface area contributed by atoms with Gasteiger partial charge in [0.2, 0.25) is 5.91 Å². The summed E-state index contributed by atoms with van der Waals surface area (Å²) in [5, 5.41) is 12.0. The van der Waals surface area contributed by atoms with Gasteiger partial charge < -0.3 is 10.4 Å². The minimum Gasteiger partial charge on any atom is -0.479 e. The van der Waals surface area contributed by atoms with E-state index in [1.54, 1.807) is 11.8 Å². The van der Waals surface area contributed by atoms with Gasteiger partial charge in [0.1, 0.15) is 5.54 Å². The van der Waals surface area contributed by atoms with Crippen molar-refractivity contribution in [3.05, 3.63) is 35.4 Å². The molecule has 2 N–H and O–H groups in total. The second kappa shape index (κ2) is 5.65. The number of carbonyl (C=O) groups excluding carboxylic acids is 1. The highest BCUT2D eigenvalue weighted by molar-refractivity contribution is 7.99. The molecule has 1 atom stereocenters. The van der Waals surface area contributed by atoms with Crippen molar-refractivity contribution in [2.24, 2.45) is 0 Å². The highest BCUT2D eigenvalue weighted by Crippen LogP contribution is 2.28. The Balaban J connectivity index is 2.05. The number of hydrogen-bond acceptors (Lipinski definition) is 3. The predicted molar refractivity (Wildman–Crippen MR) is 75.3 cm³/mol. The molecule has 1 fully saturated rings. The maximum Gasteiger partial charge on any atom is 0.330 e. The van der Waals surface area contributed by atoms with Crippen molar-refractivity contribution in [2.75, 3.05) is 11.5 Å². The number of benzene rings is 1. The topological polar surface area (TPSA) is 66.4 Å². The van der Waals surface area contributed by atoms with Crippen molar-refractivity contribution in [1.82, 2.24) is 5.32 Å². The fourth-order valence-corrected chi connectivity index (χ4v) is 3.50. The Morgan fingerprint density at radius 3 is 2.74 bits per heavy atom. The fourth-order valence-electron chi connectivity index (χ4n) is 2.18. The Hall–Kier alpha value is -1.49. The number of aryl methyl sites for hydroxylation is 1. The Kier molecular flexibility index (Phi) is 4.14. The van der Waals surface area contributed by atoms with E-state index in [1.807, 2.05) is 31.2 Å². The Bertz CT molecular complexity index is 495. The summed E-state index contributed by atoms with van der Waals surface area (Å²) in [5.41, 5.74) is 0.902. The van der Waals surface area contributed by atoms with Crippen LogP contribution in [0.2, 0.25) is 0 Å². The number of carboxylic acid groups (broad SMARTS) is 1. The number of aliphatic carboxylic acids is 1. The largest absolute Gasteiger partial charge is 0.479 e. The molecule has 0 saturated carbocycles. The average molecular weight is 279 g/mol. The average Bonchev–Trinajstić information content (AvgIpc) is 2.82. The zero-order chi connectivity index (χ0) is 13.9. The van der Waals surface area contributed by atoms with E-state index in [0.717, 1.165) is 16.9 Å². The van der Waals surface area contributed by atoms with E-state index in [0.29, 0.717) is 12.2 Å². The molecule has 5 heteroatoms. The van der Waals surface area contributed by atoms with E-state index < -0.39 is 11.5 Å². The van der Waals surface area contributed by atoms with Gasteiger partial charge in [-0.15, -0.1) is 0 Å². The molecule has 1 aliphatic rings. The Labute approximate surface area is 116 Å². The molecule has 4 nitrogen and oxygen atoms in total. The lowest BCUT2D eigenvalue weighted by molar-refractivity contribution is -0.146. The summed E-state index contributed by atoms with van der Waals surface area (Å²) in [6.45, 7) is 1.95. The van der Waals surface area contributed by atoms with Gasteiger partial charge >= 0.3 is 5.97 Å². The number of rotatable bonds is 4. The number of nitrogens with one attached hydrogen (secondary N) is 1. The SMILES string of the molecule is Cc1ccccc1CC(=O)NC1(C(=O)O)CCSC1. The van der Waals surface area contributed by atoms with Crippen molar-refractivity contribution in [3.8, 4) is 0 Å².